The van der Waals surface area contributed by atoms with Crippen LogP contribution in [0.2, 0.25) is 0 Å². The normalized spacial score (nSPS) is 10.5. The van der Waals surface area contributed by atoms with Crippen LogP contribution in [0.25, 0.3) is 0 Å². The third-order valence-corrected chi connectivity index (χ3v) is 2.44. The van der Waals surface area contributed by atoms with Crippen LogP contribution in [0.15, 0.2) is 0 Å². The number of carbonyl (C=O) groups is 2. The molecule has 0 saturated heterocycles. The largest absolute Gasteiger partial charge is 0.383 e. The first-order valence-electron chi connectivity index (χ1n) is 6.13. The Balaban J connectivity index is 3.95. The minimum absolute atomic E-state index is 0.0735. The van der Waals surface area contributed by atoms with E-state index in [1.54, 1.807) is 12.0 Å². The highest BCUT2D eigenvalue weighted by molar-refractivity contribution is 5.83. The van der Waals surface area contributed by atoms with Crippen LogP contribution < -0.4 is 5.32 Å². The average Bonchev–Trinajstić information content (AvgIpc) is 2.27. The van der Waals surface area contributed by atoms with Gasteiger partial charge in [0.2, 0.25) is 11.8 Å². The molecule has 0 unspecified atom stereocenters. The molecule has 1 N–H and O–H groups in total. The number of hydrogen-bond acceptors (Lipinski definition) is 4. The molecule has 18 heavy (non-hydrogen) atoms. The van der Waals surface area contributed by atoms with Gasteiger partial charge in [0.1, 0.15) is 0 Å². The molecule has 6 nitrogen and oxygen atoms in total. The average molecular weight is 259 g/mol. The lowest BCUT2D eigenvalue weighted by molar-refractivity contribution is -0.134. The van der Waals surface area contributed by atoms with E-state index in [1.807, 2.05) is 14.1 Å². The minimum atomic E-state index is -0.146. The summed E-state index contributed by atoms with van der Waals surface area (Å²) in [4.78, 5) is 26.6. The van der Waals surface area contributed by atoms with Crippen LogP contribution in [0, 0.1) is 0 Å². The fourth-order valence-electron chi connectivity index (χ4n) is 1.45. The summed E-state index contributed by atoms with van der Waals surface area (Å²) < 4.78 is 4.84. The zero-order valence-electron chi connectivity index (χ0n) is 11.9. The Morgan fingerprint density at radius 1 is 1.22 bits per heavy atom. The molecule has 6 heteroatoms. The van der Waals surface area contributed by atoms with Gasteiger partial charge in [0.25, 0.3) is 0 Å². The maximum Gasteiger partial charge on any atom is 0.239 e. The van der Waals surface area contributed by atoms with Gasteiger partial charge in [0.15, 0.2) is 0 Å². The summed E-state index contributed by atoms with van der Waals surface area (Å²) >= 11 is 0. The molecule has 0 atom stereocenters. The fourth-order valence-corrected chi connectivity index (χ4v) is 1.45. The van der Waals surface area contributed by atoms with E-state index in [1.165, 1.54) is 6.92 Å². The third kappa shape index (κ3) is 8.95. The van der Waals surface area contributed by atoms with Gasteiger partial charge in [-0.3, -0.25) is 9.59 Å². The zero-order chi connectivity index (χ0) is 14.0. The van der Waals surface area contributed by atoms with Gasteiger partial charge >= 0.3 is 0 Å². The summed E-state index contributed by atoms with van der Waals surface area (Å²) in [5.74, 6) is -0.220. The van der Waals surface area contributed by atoms with E-state index in [4.69, 9.17) is 4.74 Å². The molecule has 2 amide bonds. The lowest BCUT2D eigenvalue weighted by Gasteiger charge is -2.21. The molecule has 0 aliphatic heterocycles. The van der Waals surface area contributed by atoms with E-state index >= 15 is 0 Å². The van der Waals surface area contributed by atoms with Crippen molar-refractivity contribution in [2.24, 2.45) is 0 Å². The van der Waals surface area contributed by atoms with Crippen molar-refractivity contribution >= 4 is 11.8 Å². The van der Waals surface area contributed by atoms with Crippen molar-refractivity contribution in [3.63, 3.8) is 0 Å². The second kappa shape index (κ2) is 9.85. The molecule has 0 saturated carbocycles. The smallest absolute Gasteiger partial charge is 0.239 e. The molecule has 0 aliphatic rings. The Hall–Kier alpha value is -1.14. The monoisotopic (exact) mass is 259 g/mol. The van der Waals surface area contributed by atoms with E-state index in [0.29, 0.717) is 19.7 Å². The van der Waals surface area contributed by atoms with Crippen LogP contribution in [0.3, 0.4) is 0 Å². The summed E-state index contributed by atoms with van der Waals surface area (Å²) in [5.41, 5.74) is 0. The number of nitrogens with one attached hydrogen (secondary N) is 1. The quantitative estimate of drug-likeness (QED) is 0.570. The highest BCUT2D eigenvalue weighted by atomic mass is 16.5. The fraction of sp³-hybridized carbons (Fsp3) is 0.833. The maximum absolute atomic E-state index is 11.6. The summed E-state index contributed by atoms with van der Waals surface area (Å²) in [6.07, 6.45) is 0.859. The Morgan fingerprint density at radius 3 is 2.39 bits per heavy atom. The van der Waals surface area contributed by atoms with Crippen LogP contribution in [0.4, 0.5) is 0 Å². The number of carbonyl (C=O) groups excluding carboxylic acids is 2. The van der Waals surface area contributed by atoms with Gasteiger partial charge in [-0.25, -0.2) is 0 Å². The number of hydrogen-bond donors (Lipinski definition) is 1. The van der Waals surface area contributed by atoms with Crippen molar-refractivity contribution < 1.29 is 14.3 Å². The number of ether oxygens (including phenoxy) is 1. The summed E-state index contributed by atoms with van der Waals surface area (Å²) in [6.45, 7) is 4.05. The van der Waals surface area contributed by atoms with Crippen molar-refractivity contribution in [2.75, 3.05) is 54.0 Å². The van der Waals surface area contributed by atoms with Gasteiger partial charge in [0.05, 0.1) is 13.2 Å². The molecule has 0 rings (SSSR count). The van der Waals surface area contributed by atoms with Crippen LogP contribution in [-0.4, -0.2) is 75.6 Å². The maximum atomic E-state index is 11.6. The molecule has 106 valence electrons. The molecule has 0 heterocycles. The van der Waals surface area contributed by atoms with Crippen LogP contribution in [-0.2, 0) is 14.3 Å². The van der Waals surface area contributed by atoms with E-state index in [2.05, 4.69) is 10.2 Å². The third-order valence-electron chi connectivity index (χ3n) is 2.44. The van der Waals surface area contributed by atoms with Gasteiger partial charge in [-0.2, -0.15) is 0 Å². The SMILES string of the molecule is COCCNC(=O)CN(CCCN(C)C)C(C)=O. The van der Waals surface area contributed by atoms with Crippen molar-refractivity contribution in [3.05, 3.63) is 0 Å². The van der Waals surface area contributed by atoms with Crippen molar-refractivity contribution in [3.8, 4) is 0 Å². The van der Waals surface area contributed by atoms with Gasteiger partial charge in [-0.15, -0.1) is 0 Å². The summed E-state index contributed by atoms with van der Waals surface area (Å²) in [6, 6.07) is 0. The summed E-state index contributed by atoms with van der Waals surface area (Å²) in [7, 11) is 5.54. The van der Waals surface area contributed by atoms with Gasteiger partial charge < -0.3 is 19.9 Å². The molecular weight excluding hydrogens is 234 g/mol. The predicted octanol–water partition coefficient (Wildman–Crippen LogP) is -0.451. The molecule has 0 fully saturated rings. The van der Waals surface area contributed by atoms with E-state index < -0.39 is 0 Å². The Kier molecular flexibility index (Phi) is 9.22. The number of nitrogens with zero attached hydrogens (tertiary/aromatic N) is 2. The molecule has 0 aromatic carbocycles. The lowest BCUT2D eigenvalue weighted by Crippen LogP contribution is -2.41. The number of rotatable bonds is 9. The number of amides is 2. The standard InChI is InChI=1S/C12H25N3O3/c1-11(16)15(8-5-7-14(2)3)10-12(17)13-6-9-18-4/h5-10H2,1-4H3,(H,13,17). The first kappa shape index (κ1) is 16.9. The van der Waals surface area contributed by atoms with Crippen LogP contribution in [0.1, 0.15) is 13.3 Å². The predicted molar refractivity (Wildman–Crippen MR) is 70.3 cm³/mol. The van der Waals surface area contributed by atoms with Crippen LogP contribution in [0.5, 0.6) is 0 Å². The Bertz CT molecular complexity index is 257. The second-order valence-electron chi connectivity index (χ2n) is 4.44. The molecular formula is C12H25N3O3. The second-order valence-corrected chi connectivity index (χ2v) is 4.44. The molecule has 0 aromatic rings. The first-order valence-corrected chi connectivity index (χ1v) is 6.13. The van der Waals surface area contributed by atoms with E-state index in [0.717, 1.165) is 13.0 Å². The van der Waals surface area contributed by atoms with Crippen molar-refractivity contribution in [1.29, 1.82) is 0 Å². The van der Waals surface area contributed by atoms with Gasteiger partial charge in [0, 0.05) is 27.1 Å². The van der Waals surface area contributed by atoms with Crippen molar-refractivity contribution in [1.82, 2.24) is 15.1 Å². The molecule has 0 spiro atoms. The molecule has 0 bridgehead atoms. The molecule has 0 aliphatic carbocycles. The van der Waals surface area contributed by atoms with E-state index in [9.17, 15) is 9.59 Å². The van der Waals surface area contributed by atoms with Crippen LogP contribution >= 0.6 is 0 Å². The van der Waals surface area contributed by atoms with E-state index in [-0.39, 0.29) is 18.4 Å². The first-order chi connectivity index (χ1) is 8.47. The van der Waals surface area contributed by atoms with Crippen molar-refractivity contribution in [2.45, 2.75) is 13.3 Å². The summed E-state index contributed by atoms with van der Waals surface area (Å²) in [5, 5.41) is 2.70. The highest BCUT2D eigenvalue weighted by Crippen LogP contribution is 1.94. The molecule has 0 radical (unpaired) electrons. The Labute approximate surface area is 109 Å². The topological polar surface area (TPSA) is 61.9 Å². The van der Waals surface area contributed by atoms with Gasteiger partial charge in [-0.05, 0) is 27.1 Å². The molecule has 0 aromatic heterocycles. The Morgan fingerprint density at radius 2 is 1.89 bits per heavy atom. The zero-order valence-corrected chi connectivity index (χ0v) is 11.9. The lowest BCUT2D eigenvalue weighted by atomic mass is 10.3. The van der Waals surface area contributed by atoms with Gasteiger partial charge in [-0.1, -0.05) is 0 Å². The number of methoxy groups -OCH3 is 1. The minimum Gasteiger partial charge on any atom is -0.383 e. The highest BCUT2D eigenvalue weighted by Gasteiger charge is 2.12.